The van der Waals surface area contributed by atoms with E-state index < -0.39 is 16.1 Å². The Kier molecular flexibility index (Phi) is 7.56. The lowest BCUT2D eigenvalue weighted by molar-refractivity contribution is -0.128. The summed E-state index contributed by atoms with van der Waals surface area (Å²) in [5.41, 5.74) is 1.50. The number of anilines is 1. The topological polar surface area (TPSA) is 105 Å². The highest BCUT2D eigenvalue weighted by Crippen LogP contribution is 2.33. The number of nitrogens with zero attached hydrogens (tertiary/aromatic N) is 2. The summed E-state index contributed by atoms with van der Waals surface area (Å²) in [6, 6.07) is 22.3. The molecule has 3 aromatic rings. The second-order valence-electron chi connectivity index (χ2n) is 8.33. The molecule has 0 aliphatic carbocycles. The van der Waals surface area contributed by atoms with Crippen molar-refractivity contribution in [3.05, 3.63) is 84.4 Å². The highest BCUT2D eigenvalue weighted by molar-refractivity contribution is 7.89. The summed E-state index contributed by atoms with van der Waals surface area (Å²) >= 11 is 0. The van der Waals surface area contributed by atoms with Gasteiger partial charge in [-0.05, 0) is 42.0 Å². The molecule has 0 fully saturated rings. The molecule has 1 heterocycles. The van der Waals surface area contributed by atoms with Gasteiger partial charge < -0.3 is 19.7 Å². The van der Waals surface area contributed by atoms with Crippen LogP contribution in [0.5, 0.6) is 11.5 Å². The highest BCUT2D eigenvalue weighted by atomic mass is 32.2. The van der Waals surface area contributed by atoms with Crippen LogP contribution in [0.3, 0.4) is 0 Å². The zero-order valence-corrected chi connectivity index (χ0v) is 20.8. The van der Waals surface area contributed by atoms with E-state index in [-0.39, 0.29) is 29.9 Å². The van der Waals surface area contributed by atoms with Crippen molar-refractivity contribution >= 4 is 27.5 Å². The lowest BCUT2D eigenvalue weighted by Crippen LogP contribution is -2.51. The first kappa shape index (κ1) is 25.2. The molecule has 4 rings (SSSR count). The van der Waals surface area contributed by atoms with Crippen molar-refractivity contribution in [2.24, 2.45) is 0 Å². The van der Waals surface area contributed by atoms with Gasteiger partial charge in [0.1, 0.15) is 11.5 Å². The van der Waals surface area contributed by atoms with Crippen LogP contribution >= 0.6 is 0 Å². The largest absolute Gasteiger partial charge is 0.484 e. The third-order valence-corrected chi connectivity index (χ3v) is 7.47. The van der Waals surface area contributed by atoms with Crippen LogP contribution in [0, 0.1) is 0 Å². The van der Waals surface area contributed by atoms with Gasteiger partial charge in [0.2, 0.25) is 10.0 Å². The van der Waals surface area contributed by atoms with Gasteiger partial charge in [0.05, 0.1) is 17.1 Å². The Morgan fingerprint density at radius 3 is 2.36 bits per heavy atom. The number of benzene rings is 3. The van der Waals surface area contributed by atoms with Crippen LogP contribution in [0.2, 0.25) is 0 Å². The zero-order valence-electron chi connectivity index (χ0n) is 20.0. The molecule has 0 saturated carbocycles. The predicted octanol–water partition coefficient (Wildman–Crippen LogP) is 2.43. The molecule has 1 aliphatic rings. The number of rotatable bonds is 8. The molecule has 1 unspecified atom stereocenters. The fraction of sp³-hybridized carbons (Fsp3) is 0.231. The maximum absolute atomic E-state index is 13.1. The Labute approximate surface area is 210 Å². The zero-order chi connectivity index (χ0) is 25.7. The second-order valence-corrected chi connectivity index (χ2v) is 10.5. The molecule has 1 N–H and O–H groups in total. The van der Waals surface area contributed by atoms with Gasteiger partial charge in [0.25, 0.3) is 11.8 Å². The van der Waals surface area contributed by atoms with E-state index in [0.29, 0.717) is 23.7 Å². The fourth-order valence-corrected chi connectivity index (χ4v) is 4.55. The normalized spacial score (nSPS) is 15.1. The van der Waals surface area contributed by atoms with Crippen LogP contribution in [0.15, 0.2) is 83.8 Å². The van der Waals surface area contributed by atoms with Crippen molar-refractivity contribution in [3.8, 4) is 11.5 Å². The van der Waals surface area contributed by atoms with Gasteiger partial charge in [-0.3, -0.25) is 9.59 Å². The number of hydrogen-bond donors (Lipinski definition) is 1. The second kappa shape index (κ2) is 10.8. The van der Waals surface area contributed by atoms with Crippen molar-refractivity contribution in [2.45, 2.75) is 17.5 Å². The molecule has 188 valence electrons. The van der Waals surface area contributed by atoms with Gasteiger partial charge in [-0.25, -0.2) is 12.7 Å². The van der Waals surface area contributed by atoms with Crippen LogP contribution in [-0.4, -0.2) is 57.9 Å². The number of amides is 2. The maximum Gasteiger partial charge on any atom is 0.265 e. The van der Waals surface area contributed by atoms with Gasteiger partial charge in [-0.2, -0.15) is 0 Å². The maximum atomic E-state index is 13.1. The summed E-state index contributed by atoms with van der Waals surface area (Å²) in [5, 5.41) is 2.86. The molecule has 0 radical (unpaired) electrons. The minimum atomic E-state index is -3.56. The van der Waals surface area contributed by atoms with Crippen molar-refractivity contribution in [1.82, 2.24) is 9.62 Å². The van der Waals surface area contributed by atoms with E-state index in [2.05, 4.69) is 5.32 Å². The van der Waals surface area contributed by atoms with Gasteiger partial charge in [0, 0.05) is 20.6 Å². The van der Waals surface area contributed by atoms with Crippen LogP contribution in [0.1, 0.15) is 5.56 Å². The average Bonchev–Trinajstić information content (AvgIpc) is 2.90. The summed E-state index contributed by atoms with van der Waals surface area (Å²) in [6.07, 6.45) is -0.886. The van der Waals surface area contributed by atoms with Crippen molar-refractivity contribution < 1.29 is 27.5 Å². The van der Waals surface area contributed by atoms with Crippen LogP contribution < -0.4 is 19.7 Å². The molecule has 0 spiro atoms. The number of fused-ring (bicyclic) bond motifs is 1. The highest BCUT2D eigenvalue weighted by Gasteiger charge is 2.33. The molecule has 10 heteroatoms. The summed E-state index contributed by atoms with van der Waals surface area (Å²) in [4.78, 5) is 27.5. The lowest BCUT2D eigenvalue weighted by Gasteiger charge is -2.34. The Morgan fingerprint density at radius 2 is 1.67 bits per heavy atom. The Balaban J connectivity index is 1.42. The molecule has 9 nitrogen and oxygen atoms in total. The van der Waals surface area contributed by atoms with Crippen molar-refractivity contribution in [1.29, 1.82) is 0 Å². The Bertz CT molecular complexity index is 1330. The molecule has 36 heavy (non-hydrogen) atoms. The predicted molar refractivity (Wildman–Crippen MR) is 134 cm³/mol. The van der Waals surface area contributed by atoms with Crippen LogP contribution in [-0.2, 0) is 26.2 Å². The summed E-state index contributed by atoms with van der Waals surface area (Å²) in [5.74, 6) is 0.0799. The van der Waals surface area contributed by atoms with E-state index in [1.807, 2.05) is 30.3 Å². The fourth-order valence-electron chi connectivity index (χ4n) is 3.65. The molecule has 3 aromatic carbocycles. The van der Waals surface area contributed by atoms with Crippen molar-refractivity contribution in [2.75, 3.05) is 32.1 Å². The monoisotopic (exact) mass is 509 g/mol. The van der Waals surface area contributed by atoms with E-state index >= 15 is 0 Å². The molecule has 1 aliphatic heterocycles. The van der Waals surface area contributed by atoms with Crippen LogP contribution in [0.25, 0.3) is 0 Å². The first-order valence-electron chi connectivity index (χ1n) is 11.3. The molecular weight excluding hydrogens is 482 g/mol. The number of nitrogens with one attached hydrogen (secondary N) is 1. The Hall–Kier alpha value is -3.89. The van der Waals surface area contributed by atoms with Gasteiger partial charge >= 0.3 is 0 Å². The molecule has 0 saturated heterocycles. The van der Waals surface area contributed by atoms with E-state index in [1.165, 1.54) is 43.3 Å². The molecule has 0 bridgehead atoms. The average molecular weight is 510 g/mol. The van der Waals surface area contributed by atoms with Gasteiger partial charge in [-0.1, -0.05) is 42.5 Å². The first-order chi connectivity index (χ1) is 17.3. The molecular formula is C26H27N3O6S. The van der Waals surface area contributed by atoms with Crippen molar-refractivity contribution in [3.63, 3.8) is 0 Å². The van der Waals surface area contributed by atoms with E-state index in [1.54, 1.807) is 24.3 Å². The summed E-state index contributed by atoms with van der Waals surface area (Å²) in [7, 11) is -0.657. The lowest BCUT2D eigenvalue weighted by atomic mass is 10.1. The van der Waals surface area contributed by atoms with E-state index in [9.17, 15) is 18.0 Å². The van der Waals surface area contributed by atoms with Gasteiger partial charge in [0.15, 0.2) is 12.7 Å². The van der Waals surface area contributed by atoms with E-state index in [4.69, 9.17) is 9.47 Å². The molecule has 0 aromatic heterocycles. The first-order valence-corrected chi connectivity index (χ1v) is 12.7. The third kappa shape index (κ3) is 5.67. The minimum Gasteiger partial charge on any atom is -0.484 e. The number of carbonyl (C=O) groups excluding carboxylic acids is 2. The standard InChI is InChI=1S/C26H27N3O6S/c1-28(2)36(32,33)21-14-12-20(13-15-21)34-18-25(30)29-17-24(35-23-11-7-6-10-22(23)29)26(31)27-16-19-8-4-3-5-9-19/h3-15,24H,16-18H2,1-2H3,(H,27,31). The van der Waals surface area contributed by atoms with Gasteiger partial charge in [-0.15, -0.1) is 0 Å². The quantitative estimate of drug-likeness (QED) is 0.500. The third-order valence-electron chi connectivity index (χ3n) is 5.64. The number of carbonyl (C=O) groups is 2. The summed E-state index contributed by atoms with van der Waals surface area (Å²) in [6.45, 7) is 0.0735. The molecule has 1 atom stereocenters. The minimum absolute atomic E-state index is 0.0276. The Morgan fingerprint density at radius 1 is 1.00 bits per heavy atom. The van der Waals surface area contributed by atoms with E-state index in [0.717, 1.165) is 9.87 Å². The number of sulfonamides is 1. The smallest absolute Gasteiger partial charge is 0.265 e. The SMILES string of the molecule is CN(C)S(=O)(=O)c1ccc(OCC(=O)N2CC(C(=O)NCc3ccccc3)Oc3ccccc32)cc1. The van der Waals surface area contributed by atoms with Crippen LogP contribution in [0.4, 0.5) is 5.69 Å². The number of para-hydroxylation sites is 2. The molecule has 2 amide bonds. The number of ether oxygens (including phenoxy) is 2. The number of hydrogen-bond acceptors (Lipinski definition) is 6. The summed E-state index contributed by atoms with van der Waals surface area (Å²) < 4.78 is 37.1.